The molecule has 13 heteroatoms. The van der Waals surface area contributed by atoms with Crippen molar-refractivity contribution in [1.29, 1.82) is 0 Å². The van der Waals surface area contributed by atoms with Crippen LogP contribution in [0.1, 0.15) is 28.2 Å². The molecule has 4 rings (SSSR count). The van der Waals surface area contributed by atoms with Crippen LogP contribution in [0.4, 0.5) is 26.3 Å². The van der Waals surface area contributed by atoms with E-state index in [2.05, 4.69) is 15.3 Å². The molecular weight excluding hydrogens is 544 g/mol. The third kappa shape index (κ3) is 8.30. The lowest BCUT2D eigenvalue weighted by atomic mass is 9.97. The van der Waals surface area contributed by atoms with Crippen molar-refractivity contribution in [1.82, 2.24) is 15.3 Å². The molecule has 0 bridgehead atoms. The van der Waals surface area contributed by atoms with Crippen LogP contribution in [0.15, 0.2) is 60.7 Å². The molecular formula is C27H23F6N3O4. The van der Waals surface area contributed by atoms with Crippen LogP contribution in [0.5, 0.6) is 0 Å². The summed E-state index contributed by atoms with van der Waals surface area (Å²) in [6, 6.07) is 18.8. The van der Waals surface area contributed by atoms with Crippen LogP contribution < -0.4 is 5.32 Å². The van der Waals surface area contributed by atoms with E-state index >= 15 is 0 Å². The summed E-state index contributed by atoms with van der Waals surface area (Å²) in [5.74, 6) is -3.15. The van der Waals surface area contributed by atoms with Crippen molar-refractivity contribution >= 4 is 23.0 Å². The van der Waals surface area contributed by atoms with Crippen molar-refractivity contribution in [3.05, 3.63) is 77.6 Å². The van der Waals surface area contributed by atoms with Crippen LogP contribution in [0.2, 0.25) is 0 Å². The van der Waals surface area contributed by atoms with Gasteiger partial charge in [0.25, 0.3) is 0 Å². The van der Waals surface area contributed by atoms with E-state index in [1.165, 1.54) is 0 Å². The Kier molecular flexibility index (Phi) is 9.20. The largest absolute Gasteiger partial charge is 0.490 e. The van der Waals surface area contributed by atoms with Crippen molar-refractivity contribution in [2.24, 2.45) is 0 Å². The van der Waals surface area contributed by atoms with Gasteiger partial charge in [0.2, 0.25) is 0 Å². The first kappa shape index (κ1) is 30.2. The van der Waals surface area contributed by atoms with Crippen molar-refractivity contribution in [3.63, 3.8) is 0 Å². The van der Waals surface area contributed by atoms with Gasteiger partial charge in [0.1, 0.15) is 11.3 Å². The molecule has 3 aromatic carbocycles. The fraction of sp³-hybridized carbons (Fsp3) is 0.222. The minimum atomic E-state index is -5.08. The lowest BCUT2D eigenvalue weighted by Crippen LogP contribution is -2.21. The molecule has 0 saturated heterocycles. The average molecular weight is 567 g/mol. The number of nitrogens with zero attached hydrogens (tertiary/aromatic N) is 1. The number of aromatic amines is 1. The number of aromatic nitrogens is 2. The van der Waals surface area contributed by atoms with Gasteiger partial charge < -0.3 is 20.5 Å². The molecule has 4 aromatic rings. The number of benzene rings is 3. The lowest BCUT2D eigenvalue weighted by Gasteiger charge is -2.10. The van der Waals surface area contributed by atoms with E-state index in [9.17, 15) is 36.2 Å². The number of rotatable bonds is 7. The van der Waals surface area contributed by atoms with Gasteiger partial charge in [-0.3, -0.25) is 0 Å². The van der Waals surface area contributed by atoms with E-state index in [1.54, 1.807) is 13.0 Å². The van der Waals surface area contributed by atoms with Gasteiger partial charge in [0, 0.05) is 13.1 Å². The number of aliphatic carboxylic acids is 1. The Hall–Kier alpha value is -4.39. The smallest absolute Gasteiger partial charge is 0.478 e. The van der Waals surface area contributed by atoms with Gasteiger partial charge in [-0.1, -0.05) is 42.5 Å². The number of aromatic carboxylic acids is 1. The van der Waals surface area contributed by atoms with Gasteiger partial charge >= 0.3 is 24.3 Å². The van der Waals surface area contributed by atoms with Crippen molar-refractivity contribution in [2.75, 3.05) is 6.54 Å². The highest BCUT2D eigenvalue weighted by Crippen LogP contribution is 2.29. The minimum absolute atomic E-state index is 0.124. The molecule has 0 atom stereocenters. The molecule has 7 nitrogen and oxygen atoms in total. The third-order valence-corrected chi connectivity index (χ3v) is 5.57. The fourth-order valence-electron chi connectivity index (χ4n) is 3.75. The Morgan fingerprint density at radius 2 is 1.48 bits per heavy atom. The van der Waals surface area contributed by atoms with E-state index in [1.807, 2.05) is 54.6 Å². The molecule has 0 aliphatic carbocycles. The zero-order valence-corrected chi connectivity index (χ0v) is 20.8. The SMILES string of the molecule is Cc1nc2c(C(=O)O)cc(-c3ccc(-c4cccc(CNCCC(F)(F)F)c4)cc3)cc2[nH]1.O=C(O)C(F)(F)F. The zero-order valence-electron chi connectivity index (χ0n) is 20.8. The molecule has 4 N–H and O–H groups in total. The molecule has 212 valence electrons. The summed E-state index contributed by atoms with van der Waals surface area (Å²) in [6.07, 6.45) is -10.1. The summed E-state index contributed by atoms with van der Waals surface area (Å²) in [4.78, 5) is 28.0. The van der Waals surface area contributed by atoms with Crippen molar-refractivity contribution in [2.45, 2.75) is 32.2 Å². The molecule has 0 spiro atoms. The number of fused-ring (bicyclic) bond motifs is 1. The predicted molar refractivity (Wildman–Crippen MR) is 135 cm³/mol. The first-order chi connectivity index (χ1) is 18.6. The molecule has 0 aliphatic rings. The maximum absolute atomic E-state index is 12.3. The normalized spacial score (nSPS) is 11.7. The summed E-state index contributed by atoms with van der Waals surface area (Å²) in [5.41, 5.74) is 5.65. The van der Waals surface area contributed by atoms with Crippen LogP contribution in [0, 0.1) is 6.92 Å². The van der Waals surface area contributed by atoms with Gasteiger partial charge in [-0.05, 0) is 52.9 Å². The highest BCUT2D eigenvalue weighted by Gasteiger charge is 2.38. The Balaban J connectivity index is 0.000000559. The predicted octanol–water partition coefficient (Wildman–Crippen LogP) is 6.58. The number of aryl methyl sites for hydroxylation is 1. The van der Waals surface area contributed by atoms with E-state index in [0.717, 1.165) is 27.8 Å². The van der Waals surface area contributed by atoms with Crippen LogP contribution in [-0.4, -0.2) is 51.0 Å². The molecule has 1 heterocycles. The minimum Gasteiger partial charge on any atom is -0.478 e. The number of hydrogen-bond donors (Lipinski definition) is 4. The highest BCUT2D eigenvalue weighted by atomic mass is 19.4. The van der Waals surface area contributed by atoms with Gasteiger partial charge in [0.15, 0.2) is 0 Å². The van der Waals surface area contributed by atoms with E-state index in [4.69, 9.17) is 9.90 Å². The monoisotopic (exact) mass is 567 g/mol. The zero-order chi connectivity index (χ0) is 29.7. The number of nitrogens with one attached hydrogen (secondary N) is 2. The summed E-state index contributed by atoms with van der Waals surface area (Å²) in [7, 11) is 0. The second-order valence-electron chi connectivity index (χ2n) is 8.67. The quantitative estimate of drug-likeness (QED) is 0.148. The maximum Gasteiger partial charge on any atom is 0.490 e. The standard InChI is InChI=1S/C25H22F3N3O2.C2HF3O2/c1-15-30-22-13-20(12-21(24(32)33)23(22)31-15)18-7-5-17(6-8-18)19-4-2-3-16(11-19)14-29-10-9-25(26,27)28;3-2(4,5)1(6)7/h2-8,11-13,29H,9-10,14H2,1H3,(H,30,31)(H,32,33);(H,6,7). The Morgan fingerprint density at radius 1 is 0.875 bits per heavy atom. The highest BCUT2D eigenvalue weighted by molar-refractivity contribution is 6.03. The number of alkyl halides is 6. The first-order valence-corrected chi connectivity index (χ1v) is 11.6. The number of carboxylic acids is 2. The number of imidazole rings is 1. The van der Waals surface area contributed by atoms with E-state index < -0.39 is 30.7 Å². The summed E-state index contributed by atoms with van der Waals surface area (Å²) in [5, 5.41) is 19.5. The van der Waals surface area contributed by atoms with Gasteiger partial charge in [-0.25, -0.2) is 14.6 Å². The first-order valence-electron chi connectivity index (χ1n) is 11.6. The number of carbonyl (C=O) groups is 2. The maximum atomic E-state index is 12.3. The molecule has 0 fully saturated rings. The molecule has 0 radical (unpaired) electrons. The number of carboxylic acid groups (broad SMARTS) is 2. The Morgan fingerprint density at radius 3 is 2.02 bits per heavy atom. The fourth-order valence-corrected chi connectivity index (χ4v) is 3.75. The summed E-state index contributed by atoms with van der Waals surface area (Å²) in [6.45, 7) is 2.00. The Labute approximate surface area is 223 Å². The Bertz CT molecular complexity index is 1500. The van der Waals surface area contributed by atoms with Crippen LogP contribution in [0.3, 0.4) is 0 Å². The van der Waals surface area contributed by atoms with Gasteiger partial charge in [-0.15, -0.1) is 0 Å². The number of halogens is 6. The molecule has 40 heavy (non-hydrogen) atoms. The topological polar surface area (TPSA) is 115 Å². The molecule has 0 unspecified atom stereocenters. The van der Waals surface area contributed by atoms with Crippen LogP contribution >= 0.6 is 0 Å². The molecule has 1 aromatic heterocycles. The van der Waals surface area contributed by atoms with Gasteiger partial charge in [0.05, 0.1) is 17.5 Å². The number of H-pyrrole nitrogens is 1. The second-order valence-corrected chi connectivity index (χ2v) is 8.67. The van der Waals surface area contributed by atoms with Crippen molar-refractivity contribution in [3.8, 4) is 22.3 Å². The summed E-state index contributed by atoms with van der Waals surface area (Å²) < 4.78 is 68.6. The molecule has 0 saturated carbocycles. The van der Waals surface area contributed by atoms with E-state index in [-0.39, 0.29) is 12.1 Å². The number of hydrogen-bond acceptors (Lipinski definition) is 4. The summed E-state index contributed by atoms with van der Waals surface area (Å²) >= 11 is 0. The third-order valence-electron chi connectivity index (χ3n) is 5.57. The lowest BCUT2D eigenvalue weighted by molar-refractivity contribution is -0.192. The second kappa shape index (κ2) is 12.2. The van der Waals surface area contributed by atoms with Crippen LogP contribution in [-0.2, 0) is 11.3 Å². The van der Waals surface area contributed by atoms with Crippen LogP contribution in [0.25, 0.3) is 33.3 Å². The van der Waals surface area contributed by atoms with Gasteiger partial charge in [-0.2, -0.15) is 26.3 Å². The average Bonchev–Trinajstić information content (AvgIpc) is 3.25. The molecule has 0 aliphatic heterocycles. The van der Waals surface area contributed by atoms with E-state index in [0.29, 0.717) is 23.4 Å². The van der Waals surface area contributed by atoms with Crippen molar-refractivity contribution < 1.29 is 46.1 Å². The molecule has 0 amide bonds.